The van der Waals surface area contributed by atoms with E-state index in [2.05, 4.69) is 10.4 Å². The third-order valence-corrected chi connectivity index (χ3v) is 4.09. The van der Waals surface area contributed by atoms with Crippen molar-refractivity contribution in [3.63, 3.8) is 0 Å². The zero-order chi connectivity index (χ0) is 18.6. The number of hydrogen-bond donors (Lipinski definition) is 1. The summed E-state index contributed by atoms with van der Waals surface area (Å²) in [6, 6.07) is 6.00. The molecule has 1 unspecified atom stereocenters. The minimum absolute atomic E-state index is 0.0254. The van der Waals surface area contributed by atoms with Gasteiger partial charge < -0.3 is 5.32 Å². The van der Waals surface area contributed by atoms with Gasteiger partial charge in [-0.1, -0.05) is 0 Å². The molecular weight excluding hydrogens is 320 g/mol. The molecular formula is C18H22N4O3. The number of aryl methyl sites for hydroxylation is 2. The van der Waals surface area contributed by atoms with E-state index in [1.807, 2.05) is 32.5 Å². The Morgan fingerprint density at radius 1 is 1.36 bits per heavy atom. The molecule has 1 aromatic carbocycles. The van der Waals surface area contributed by atoms with Crippen molar-refractivity contribution in [2.45, 2.75) is 33.2 Å². The molecule has 0 aliphatic heterocycles. The van der Waals surface area contributed by atoms with Crippen LogP contribution in [0.25, 0.3) is 6.08 Å². The molecule has 0 saturated heterocycles. The van der Waals surface area contributed by atoms with Gasteiger partial charge in [0.15, 0.2) is 0 Å². The number of nitrogens with one attached hydrogen (secondary N) is 1. The molecule has 0 aliphatic carbocycles. The smallest absolute Gasteiger partial charge is 0.269 e. The summed E-state index contributed by atoms with van der Waals surface area (Å²) < 4.78 is 1.84. The molecule has 0 fully saturated rings. The highest BCUT2D eigenvalue weighted by molar-refractivity contribution is 5.91. The Hall–Kier alpha value is -2.96. The topological polar surface area (TPSA) is 90.1 Å². The van der Waals surface area contributed by atoms with Crippen LogP contribution in [0.3, 0.4) is 0 Å². The molecule has 132 valence electrons. The molecule has 1 amide bonds. The molecule has 7 heteroatoms. The maximum absolute atomic E-state index is 12.0. The second-order valence-electron chi connectivity index (χ2n) is 6.07. The summed E-state index contributed by atoms with van der Waals surface area (Å²) in [7, 11) is 1.90. The molecule has 0 bridgehead atoms. The molecule has 0 saturated carbocycles. The number of nitro benzene ring substituents is 1. The van der Waals surface area contributed by atoms with Crippen molar-refractivity contribution in [3.8, 4) is 0 Å². The molecule has 1 heterocycles. The number of benzene rings is 1. The highest BCUT2D eigenvalue weighted by atomic mass is 16.6. The fourth-order valence-electron chi connectivity index (χ4n) is 2.64. The van der Waals surface area contributed by atoms with Gasteiger partial charge in [-0.2, -0.15) is 5.10 Å². The Morgan fingerprint density at radius 2 is 2.00 bits per heavy atom. The summed E-state index contributed by atoms with van der Waals surface area (Å²) in [5.74, 6) is -0.204. The Bertz CT molecular complexity index is 806. The van der Waals surface area contributed by atoms with Crippen LogP contribution in [0.4, 0.5) is 5.69 Å². The largest absolute Gasteiger partial charge is 0.350 e. The Kier molecular flexibility index (Phi) is 5.69. The van der Waals surface area contributed by atoms with Crippen molar-refractivity contribution in [1.29, 1.82) is 0 Å². The van der Waals surface area contributed by atoms with Crippen LogP contribution in [0.2, 0.25) is 0 Å². The second-order valence-corrected chi connectivity index (χ2v) is 6.07. The zero-order valence-corrected chi connectivity index (χ0v) is 14.8. The highest BCUT2D eigenvalue weighted by Gasteiger charge is 2.13. The van der Waals surface area contributed by atoms with E-state index in [0.29, 0.717) is 6.42 Å². The van der Waals surface area contributed by atoms with E-state index in [4.69, 9.17) is 0 Å². The van der Waals surface area contributed by atoms with E-state index in [9.17, 15) is 14.9 Å². The maximum Gasteiger partial charge on any atom is 0.269 e. The normalized spacial score (nSPS) is 12.3. The van der Waals surface area contributed by atoms with Crippen molar-refractivity contribution >= 4 is 17.7 Å². The lowest BCUT2D eigenvalue weighted by atomic mass is 10.1. The fourth-order valence-corrected chi connectivity index (χ4v) is 2.64. The predicted molar refractivity (Wildman–Crippen MR) is 96.1 cm³/mol. The molecule has 1 aromatic heterocycles. The lowest BCUT2D eigenvalue weighted by molar-refractivity contribution is -0.384. The van der Waals surface area contributed by atoms with E-state index in [1.165, 1.54) is 18.2 Å². The lowest BCUT2D eigenvalue weighted by Gasteiger charge is -2.13. The zero-order valence-electron chi connectivity index (χ0n) is 14.8. The molecule has 2 aromatic rings. The molecule has 0 spiro atoms. The summed E-state index contributed by atoms with van der Waals surface area (Å²) in [5.41, 5.74) is 3.97. The van der Waals surface area contributed by atoms with Gasteiger partial charge in [0.25, 0.3) is 5.69 Å². The van der Waals surface area contributed by atoms with Gasteiger partial charge >= 0.3 is 0 Å². The summed E-state index contributed by atoms with van der Waals surface area (Å²) in [4.78, 5) is 22.2. The number of carbonyl (C=O) groups excluding carboxylic acids is 1. The lowest BCUT2D eigenvalue weighted by Crippen LogP contribution is -2.33. The van der Waals surface area contributed by atoms with Gasteiger partial charge in [-0.25, -0.2) is 0 Å². The van der Waals surface area contributed by atoms with Gasteiger partial charge in [-0.05, 0) is 56.5 Å². The van der Waals surface area contributed by atoms with E-state index < -0.39 is 4.92 Å². The summed E-state index contributed by atoms with van der Waals surface area (Å²) in [6.07, 6.45) is 3.77. The number of rotatable bonds is 6. The quantitative estimate of drug-likeness (QED) is 0.496. The summed E-state index contributed by atoms with van der Waals surface area (Å²) >= 11 is 0. The number of nitro groups is 1. The van der Waals surface area contributed by atoms with E-state index in [1.54, 1.807) is 18.2 Å². The minimum atomic E-state index is -0.454. The average molecular weight is 342 g/mol. The van der Waals surface area contributed by atoms with Crippen molar-refractivity contribution in [2.24, 2.45) is 7.05 Å². The number of carbonyl (C=O) groups is 1. The number of aromatic nitrogens is 2. The monoisotopic (exact) mass is 342 g/mol. The van der Waals surface area contributed by atoms with Crippen molar-refractivity contribution in [2.75, 3.05) is 0 Å². The van der Waals surface area contributed by atoms with Crippen LogP contribution in [0.15, 0.2) is 30.3 Å². The van der Waals surface area contributed by atoms with E-state index >= 15 is 0 Å². The van der Waals surface area contributed by atoms with Crippen LogP contribution in [0.1, 0.15) is 29.4 Å². The third kappa shape index (κ3) is 4.76. The van der Waals surface area contributed by atoms with E-state index in [-0.39, 0.29) is 17.6 Å². The van der Waals surface area contributed by atoms with Gasteiger partial charge in [0.05, 0.1) is 10.6 Å². The molecule has 7 nitrogen and oxygen atoms in total. The Labute approximate surface area is 146 Å². The minimum Gasteiger partial charge on any atom is -0.350 e. The van der Waals surface area contributed by atoms with Crippen molar-refractivity contribution in [1.82, 2.24) is 15.1 Å². The number of hydrogen-bond acceptors (Lipinski definition) is 4. The second kappa shape index (κ2) is 7.74. The molecule has 25 heavy (non-hydrogen) atoms. The number of amides is 1. The third-order valence-electron chi connectivity index (χ3n) is 4.09. The highest BCUT2D eigenvalue weighted by Crippen LogP contribution is 2.15. The Morgan fingerprint density at radius 3 is 2.52 bits per heavy atom. The fraction of sp³-hybridized carbons (Fsp3) is 0.333. The summed E-state index contributed by atoms with van der Waals surface area (Å²) in [6.45, 7) is 5.92. The predicted octanol–water partition coefficient (Wildman–Crippen LogP) is 2.71. The number of nitrogens with zero attached hydrogens (tertiary/aromatic N) is 3. The first-order valence-corrected chi connectivity index (χ1v) is 8.00. The number of non-ortho nitro benzene ring substituents is 1. The van der Waals surface area contributed by atoms with Crippen LogP contribution in [0, 0.1) is 24.0 Å². The molecule has 0 radical (unpaired) electrons. The van der Waals surface area contributed by atoms with Crippen LogP contribution in [-0.2, 0) is 18.3 Å². The first-order chi connectivity index (χ1) is 11.8. The van der Waals surface area contributed by atoms with Crippen LogP contribution < -0.4 is 5.32 Å². The van der Waals surface area contributed by atoms with Gasteiger partial charge in [-0.15, -0.1) is 0 Å². The molecule has 1 atom stereocenters. The standard InChI is InChI=1S/C18H22N4O3/c1-12(11-17-13(2)20-21(4)14(17)3)19-18(23)10-7-15-5-8-16(9-6-15)22(24)25/h5-10,12H,11H2,1-4H3,(H,19,23). The average Bonchev–Trinajstić information content (AvgIpc) is 2.79. The van der Waals surface area contributed by atoms with Crippen LogP contribution in [-0.4, -0.2) is 26.7 Å². The van der Waals surface area contributed by atoms with Crippen LogP contribution in [0.5, 0.6) is 0 Å². The maximum atomic E-state index is 12.0. The Balaban J connectivity index is 1.93. The molecule has 2 rings (SSSR count). The van der Waals surface area contributed by atoms with Gasteiger partial charge in [0, 0.05) is 37.0 Å². The summed E-state index contributed by atoms with van der Waals surface area (Å²) in [5, 5.41) is 17.9. The molecule has 0 aliphatic rings. The van der Waals surface area contributed by atoms with Crippen molar-refractivity contribution in [3.05, 3.63) is 63.0 Å². The van der Waals surface area contributed by atoms with Gasteiger partial charge in [0.1, 0.15) is 0 Å². The SMILES string of the molecule is Cc1nn(C)c(C)c1CC(C)NC(=O)C=Cc1ccc([N+](=O)[O-])cc1. The molecule has 1 N–H and O–H groups in total. The van der Waals surface area contributed by atoms with E-state index in [0.717, 1.165) is 22.5 Å². The van der Waals surface area contributed by atoms with Crippen LogP contribution >= 0.6 is 0 Å². The first kappa shape index (κ1) is 18.4. The van der Waals surface area contributed by atoms with Gasteiger partial charge in [-0.3, -0.25) is 19.6 Å². The first-order valence-electron chi connectivity index (χ1n) is 8.00. The van der Waals surface area contributed by atoms with Gasteiger partial charge in [0.2, 0.25) is 5.91 Å². The van der Waals surface area contributed by atoms with Crippen molar-refractivity contribution < 1.29 is 9.72 Å².